The first kappa shape index (κ1) is 20.6. The standard InChI is InChI=1S/C26H20Cl2N4/c1-2-29-22-16-26-24(15-23(22)30-19-11-7-17(27)8-12-19)31-21-5-3-4-6-25(21)32(26)20-13-9-18(28)10-14-20/h3-16,30H,2H2,1H3/b29-22+. The van der Waals surface area contributed by atoms with Crippen LogP contribution in [0.15, 0.2) is 89.9 Å². The fraction of sp³-hybridized carbons (Fsp3) is 0.0769. The van der Waals surface area contributed by atoms with Crippen molar-refractivity contribution >= 4 is 45.6 Å². The molecule has 0 amide bonds. The lowest BCUT2D eigenvalue weighted by Crippen LogP contribution is -2.15. The number of para-hydroxylation sites is 2. The van der Waals surface area contributed by atoms with Crippen LogP contribution in [-0.4, -0.2) is 16.1 Å². The zero-order valence-electron chi connectivity index (χ0n) is 17.4. The minimum atomic E-state index is 0.669. The smallest absolute Gasteiger partial charge is 0.0900 e. The molecule has 1 aliphatic carbocycles. The Morgan fingerprint density at radius 1 is 0.875 bits per heavy atom. The van der Waals surface area contributed by atoms with Crippen molar-refractivity contribution in [3.8, 4) is 17.1 Å². The number of nitrogens with zero attached hydrogens (tertiary/aromatic N) is 3. The predicted octanol–water partition coefficient (Wildman–Crippen LogP) is 7.10. The normalized spacial score (nSPS) is 11.9. The molecule has 0 aromatic heterocycles. The Morgan fingerprint density at radius 2 is 1.56 bits per heavy atom. The second-order valence-electron chi connectivity index (χ2n) is 7.38. The molecule has 32 heavy (non-hydrogen) atoms. The van der Waals surface area contributed by atoms with Gasteiger partial charge >= 0.3 is 0 Å². The first-order valence-electron chi connectivity index (χ1n) is 10.4. The third kappa shape index (κ3) is 3.95. The Hall–Kier alpha value is -3.34. The average molecular weight is 459 g/mol. The number of rotatable bonds is 4. The van der Waals surface area contributed by atoms with Crippen LogP contribution in [0.2, 0.25) is 10.0 Å². The molecule has 0 fully saturated rings. The zero-order valence-corrected chi connectivity index (χ0v) is 18.9. The van der Waals surface area contributed by atoms with Crippen LogP contribution in [0.3, 0.4) is 0 Å². The van der Waals surface area contributed by atoms with Gasteiger partial charge in [0, 0.05) is 28.0 Å². The van der Waals surface area contributed by atoms with Crippen LogP contribution in [0.5, 0.6) is 0 Å². The van der Waals surface area contributed by atoms with E-state index in [4.69, 9.17) is 33.2 Å². The van der Waals surface area contributed by atoms with Crippen LogP contribution < -0.4 is 10.7 Å². The van der Waals surface area contributed by atoms with E-state index in [2.05, 4.69) is 28.1 Å². The quantitative estimate of drug-likeness (QED) is 0.291. The number of benzene rings is 4. The molecule has 0 bridgehead atoms. The van der Waals surface area contributed by atoms with E-state index < -0.39 is 0 Å². The molecule has 0 spiro atoms. The van der Waals surface area contributed by atoms with E-state index in [9.17, 15) is 0 Å². The second-order valence-corrected chi connectivity index (χ2v) is 8.25. The number of anilines is 2. The van der Waals surface area contributed by atoms with E-state index in [1.54, 1.807) is 0 Å². The van der Waals surface area contributed by atoms with Crippen molar-refractivity contribution in [1.29, 1.82) is 0 Å². The van der Waals surface area contributed by atoms with Gasteiger partial charge in [-0.2, -0.15) is 0 Å². The van der Waals surface area contributed by atoms with Crippen LogP contribution >= 0.6 is 23.2 Å². The lowest BCUT2D eigenvalue weighted by molar-refractivity contribution is 1.04. The summed E-state index contributed by atoms with van der Waals surface area (Å²) in [6.45, 7) is 2.70. The van der Waals surface area contributed by atoms with Crippen molar-refractivity contribution < 1.29 is 0 Å². The summed E-state index contributed by atoms with van der Waals surface area (Å²) in [5, 5.41) is 5.74. The van der Waals surface area contributed by atoms with Gasteiger partial charge in [-0.1, -0.05) is 35.3 Å². The molecule has 3 aromatic carbocycles. The van der Waals surface area contributed by atoms with Gasteiger partial charge in [0.2, 0.25) is 0 Å². The molecular weight excluding hydrogens is 439 g/mol. The maximum absolute atomic E-state index is 6.16. The monoisotopic (exact) mass is 458 g/mol. The van der Waals surface area contributed by atoms with Crippen molar-refractivity contribution in [2.75, 3.05) is 11.9 Å². The minimum absolute atomic E-state index is 0.669. The second kappa shape index (κ2) is 8.65. The van der Waals surface area contributed by atoms with Crippen molar-refractivity contribution in [2.45, 2.75) is 6.92 Å². The number of hydrogen-bond acceptors (Lipinski definition) is 3. The van der Waals surface area contributed by atoms with Gasteiger partial charge in [0.15, 0.2) is 0 Å². The first-order chi connectivity index (χ1) is 15.6. The largest absolute Gasteiger partial charge is 0.354 e. The molecule has 1 aliphatic heterocycles. The topological polar surface area (TPSA) is 42.2 Å². The molecule has 3 aromatic rings. The molecule has 1 heterocycles. The van der Waals surface area contributed by atoms with E-state index in [-0.39, 0.29) is 0 Å². The van der Waals surface area contributed by atoms with Crippen LogP contribution in [0.1, 0.15) is 6.92 Å². The highest BCUT2D eigenvalue weighted by Gasteiger charge is 2.16. The molecule has 2 aliphatic rings. The van der Waals surface area contributed by atoms with Crippen LogP contribution in [0.25, 0.3) is 28.1 Å². The summed E-state index contributed by atoms with van der Waals surface area (Å²) in [4.78, 5) is 9.70. The van der Waals surface area contributed by atoms with Crippen molar-refractivity contribution in [1.82, 2.24) is 9.55 Å². The Balaban J connectivity index is 1.79. The molecule has 0 unspecified atom stereocenters. The molecule has 5 rings (SSSR count). The summed E-state index contributed by atoms with van der Waals surface area (Å²) in [5.41, 5.74) is 6.61. The Bertz CT molecular complexity index is 1440. The van der Waals surface area contributed by atoms with Crippen molar-refractivity contribution in [3.05, 3.63) is 100 Å². The highest BCUT2D eigenvalue weighted by atomic mass is 35.5. The summed E-state index contributed by atoms with van der Waals surface area (Å²) >= 11 is 12.2. The van der Waals surface area contributed by atoms with Gasteiger partial charge in [-0.3, -0.25) is 4.99 Å². The summed E-state index contributed by atoms with van der Waals surface area (Å²) in [5.74, 6) is 0. The van der Waals surface area contributed by atoms with E-state index in [0.717, 1.165) is 44.8 Å². The molecule has 1 N–H and O–H groups in total. The predicted molar refractivity (Wildman–Crippen MR) is 134 cm³/mol. The summed E-state index contributed by atoms with van der Waals surface area (Å²) in [6, 6.07) is 27.7. The zero-order chi connectivity index (χ0) is 22.1. The fourth-order valence-electron chi connectivity index (χ4n) is 3.80. The van der Waals surface area contributed by atoms with E-state index in [1.165, 1.54) is 0 Å². The number of hydrogen-bond donors (Lipinski definition) is 1. The van der Waals surface area contributed by atoms with E-state index in [0.29, 0.717) is 16.6 Å². The third-order valence-corrected chi connectivity index (χ3v) is 5.74. The highest BCUT2D eigenvalue weighted by molar-refractivity contribution is 6.30. The van der Waals surface area contributed by atoms with Gasteiger partial charge in [-0.05, 0) is 79.7 Å². The molecular formula is C26H20Cl2N4. The van der Waals surface area contributed by atoms with Gasteiger partial charge in [-0.25, -0.2) is 4.98 Å². The Kier molecular flexibility index (Phi) is 5.56. The fourth-order valence-corrected chi connectivity index (χ4v) is 4.05. The Morgan fingerprint density at radius 3 is 2.28 bits per heavy atom. The molecule has 0 saturated heterocycles. The molecule has 158 valence electrons. The van der Waals surface area contributed by atoms with Crippen LogP contribution in [0.4, 0.5) is 11.4 Å². The summed E-state index contributed by atoms with van der Waals surface area (Å²) < 4.78 is 2.20. The summed E-state index contributed by atoms with van der Waals surface area (Å²) in [6.07, 6.45) is 0. The van der Waals surface area contributed by atoms with Gasteiger partial charge in [-0.15, -0.1) is 0 Å². The van der Waals surface area contributed by atoms with Gasteiger partial charge < -0.3 is 9.88 Å². The average Bonchev–Trinajstić information content (AvgIpc) is 2.80. The molecule has 0 atom stereocenters. The number of nitrogens with one attached hydrogen (secondary N) is 1. The van der Waals surface area contributed by atoms with Crippen LogP contribution in [-0.2, 0) is 0 Å². The first-order valence-corrected chi connectivity index (χ1v) is 11.1. The number of halogens is 2. The van der Waals surface area contributed by atoms with Gasteiger partial charge in [0.25, 0.3) is 0 Å². The van der Waals surface area contributed by atoms with E-state index in [1.807, 2.05) is 73.7 Å². The molecule has 0 saturated carbocycles. The van der Waals surface area contributed by atoms with E-state index >= 15 is 0 Å². The minimum Gasteiger partial charge on any atom is -0.354 e. The lowest BCUT2D eigenvalue weighted by atomic mass is 10.1. The highest BCUT2D eigenvalue weighted by Crippen LogP contribution is 2.31. The number of aromatic nitrogens is 2. The van der Waals surface area contributed by atoms with Crippen molar-refractivity contribution in [3.63, 3.8) is 0 Å². The van der Waals surface area contributed by atoms with Crippen LogP contribution in [0, 0.1) is 0 Å². The Labute approximate surface area is 196 Å². The maximum Gasteiger partial charge on any atom is 0.0900 e. The number of fused-ring (bicyclic) bond motifs is 2. The SMILES string of the molecule is CC/N=c1\cc2n(-c3ccc(Cl)cc3)c3ccccc3nc-2cc1Nc1ccc(Cl)cc1. The molecule has 6 heteroatoms. The van der Waals surface area contributed by atoms with Gasteiger partial charge in [0.1, 0.15) is 0 Å². The summed E-state index contributed by atoms with van der Waals surface area (Å²) in [7, 11) is 0. The van der Waals surface area contributed by atoms with Crippen molar-refractivity contribution in [2.24, 2.45) is 4.99 Å². The molecule has 0 radical (unpaired) electrons. The maximum atomic E-state index is 6.16. The third-order valence-electron chi connectivity index (χ3n) is 5.23. The van der Waals surface area contributed by atoms with Gasteiger partial charge in [0.05, 0.1) is 33.5 Å². The molecule has 4 nitrogen and oxygen atoms in total. The lowest BCUT2D eigenvalue weighted by Gasteiger charge is -2.20.